The van der Waals surface area contributed by atoms with E-state index in [1.165, 1.54) is 25.9 Å². The van der Waals surface area contributed by atoms with Crippen LogP contribution >= 0.6 is 0 Å². The van der Waals surface area contributed by atoms with Gasteiger partial charge in [0.25, 0.3) is 11.8 Å². The summed E-state index contributed by atoms with van der Waals surface area (Å²) in [6.45, 7) is 7.87. The molecule has 2 amide bonds. The average Bonchev–Trinajstić information content (AvgIpc) is 3.50. The molecule has 3 heterocycles. The molecule has 2 aromatic rings. The van der Waals surface area contributed by atoms with Gasteiger partial charge in [-0.15, -0.1) is 0 Å². The predicted molar refractivity (Wildman–Crippen MR) is 157 cm³/mol. The first-order valence-electron chi connectivity index (χ1n) is 15.3. The van der Waals surface area contributed by atoms with Crippen molar-refractivity contribution in [2.75, 3.05) is 45.9 Å². The van der Waals surface area contributed by atoms with Crippen molar-refractivity contribution in [1.82, 2.24) is 15.1 Å². The van der Waals surface area contributed by atoms with Crippen molar-refractivity contribution in [2.24, 2.45) is 5.41 Å². The van der Waals surface area contributed by atoms with E-state index in [2.05, 4.69) is 16.3 Å². The summed E-state index contributed by atoms with van der Waals surface area (Å²) < 4.78 is 12.2. The number of rotatable bonds is 6. The lowest BCUT2D eigenvalue weighted by atomic mass is 9.74. The largest absolute Gasteiger partial charge is 0.493 e. The minimum atomic E-state index is -0.550. The van der Waals surface area contributed by atoms with Crippen molar-refractivity contribution < 1.29 is 19.1 Å². The number of hydrogen-bond acceptors (Lipinski definition) is 5. The van der Waals surface area contributed by atoms with E-state index in [9.17, 15) is 9.59 Å². The number of hydrogen-bond donors (Lipinski definition) is 1. The third-order valence-electron chi connectivity index (χ3n) is 8.99. The fourth-order valence-electron chi connectivity index (χ4n) is 6.42. The third-order valence-corrected chi connectivity index (χ3v) is 8.99. The molecule has 0 saturated carbocycles. The fraction of sp³-hybridized carbons (Fsp3) is 0.576. The van der Waals surface area contributed by atoms with Crippen LogP contribution in [0.5, 0.6) is 11.5 Å². The molecule has 2 fully saturated rings. The van der Waals surface area contributed by atoms with Crippen LogP contribution in [0.4, 0.5) is 0 Å². The number of carbonyl (C=O) groups excluding carboxylic acids is 2. The zero-order valence-electron chi connectivity index (χ0n) is 24.0. The van der Waals surface area contributed by atoms with Crippen LogP contribution in [0.1, 0.15) is 74.2 Å². The van der Waals surface area contributed by atoms with Gasteiger partial charge >= 0.3 is 0 Å². The van der Waals surface area contributed by atoms with Gasteiger partial charge in [-0.1, -0.05) is 36.8 Å². The second-order valence-electron chi connectivity index (χ2n) is 11.8. The Labute approximate surface area is 239 Å². The Morgan fingerprint density at radius 3 is 2.55 bits per heavy atom. The number of ether oxygens (including phenoxy) is 2. The lowest BCUT2D eigenvalue weighted by Crippen LogP contribution is -2.49. The Hall–Kier alpha value is -3.06. The van der Waals surface area contributed by atoms with E-state index in [4.69, 9.17) is 9.47 Å². The summed E-state index contributed by atoms with van der Waals surface area (Å²) in [6.07, 6.45) is 8.92. The summed E-state index contributed by atoms with van der Waals surface area (Å²) in [5, 5.41) is 3.18. The van der Waals surface area contributed by atoms with E-state index in [-0.39, 0.29) is 17.2 Å². The maximum absolute atomic E-state index is 13.6. The molecule has 1 spiro atoms. The molecule has 0 bridgehead atoms. The number of carbonyl (C=O) groups is 2. The van der Waals surface area contributed by atoms with Gasteiger partial charge in [0.15, 0.2) is 6.10 Å². The Morgan fingerprint density at radius 2 is 1.73 bits per heavy atom. The van der Waals surface area contributed by atoms with Crippen molar-refractivity contribution >= 4 is 11.8 Å². The van der Waals surface area contributed by atoms with Crippen LogP contribution in [0.15, 0.2) is 48.5 Å². The van der Waals surface area contributed by atoms with Gasteiger partial charge in [0.2, 0.25) is 0 Å². The maximum Gasteiger partial charge on any atom is 0.260 e. The Bertz CT molecular complexity index is 1140. The van der Waals surface area contributed by atoms with Gasteiger partial charge in [0.05, 0.1) is 12.2 Å². The summed E-state index contributed by atoms with van der Waals surface area (Å²) in [5.41, 5.74) is 1.81. The first-order chi connectivity index (χ1) is 19.5. The lowest BCUT2D eigenvalue weighted by Gasteiger charge is -2.42. The van der Waals surface area contributed by atoms with Crippen LogP contribution in [-0.2, 0) is 11.2 Å². The van der Waals surface area contributed by atoms with Crippen molar-refractivity contribution in [2.45, 2.75) is 70.8 Å². The summed E-state index contributed by atoms with van der Waals surface area (Å²) >= 11 is 0. The smallest absolute Gasteiger partial charge is 0.260 e. The van der Waals surface area contributed by atoms with Gasteiger partial charge in [0, 0.05) is 26.2 Å². The van der Waals surface area contributed by atoms with Gasteiger partial charge < -0.3 is 24.6 Å². The third kappa shape index (κ3) is 7.17. The second kappa shape index (κ2) is 13.5. The van der Waals surface area contributed by atoms with E-state index in [0.717, 1.165) is 62.8 Å². The number of likely N-dealkylation sites (tertiary alicyclic amines) is 2. The summed E-state index contributed by atoms with van der Waals surface area (Å²) in [6, 6.07) is 15.7. The highest BCUT2D eigenvalue weighted by molar-refractivity contribution is 5.97. The topological polar surface area (TPSA) is 71.1 Å². The van der Waals surface area contributed by atoms with E-state index in [0.29, 0.717) is 37.6 Å². The molecule has 7 nitrogen and oxygen atoms in total. The predicted octanol–water partition coefficient (Wildman–Crippen LogP) is 5.08. The van der Waals surface area contributed by atoms with Gasteiger partial charge in [-0.05, 0) is 101 Å². The molecular weight excluding hydrogens is 502 g/mol. The van der Waals surface area contributed by atoms with E-state index in [1.54, 1.807) is 0 Å². The molecule has 2 aromatic carbocycles. The quantitative estimate of drug-likeness (QED) is 0.511. The average molecular weight is 548 g/mol. The van der Waals surface area contributed by atoms with Crippen molar-refractivity contribution in [1.29, 1.82) is 0 Å². The molecule has 0 unspecified atom stereocenters. The summed E-state index contributed by atoms with van der Waals surface area (Å²) in [7, 11) is 0. The molecule has 2 saturated heterocycles. The fourth-order valence-corrected chi connectivity index (χ4v) is 6.42. The normalized spacial score (nSPS) is 22.0. The number of nitrogens with zero attached hydrogens (tertiary/aromatic N) is 2. The molecule has 1 atom stereocenters. The molecule has 5 rings (SSSR count). The minimum Gasteiger partial charge on any atom is -0.493 e. The van der Waals surface area contributed by atoms with Crippen LogP contribution in [0, 0.1) is 5.41 Å². The lowest BCUT2D eigenvalue weighted by molar-refractivity contribution is -0.128. The number of amides is 2. The van der Waals surface area contributed by atoms with Gasteiger partial charge in [-0.25, -0.2) is 0 Å². The number of piperidine rings is 1. The molecule has 0 aromatic heterocycles. The van der Waals surface area contributed by atoms with Crippen LogP contribution < -0.4 is 14.8 Å². The number of aryl methyl sites for hydroxylation is 1. The monoisotopic (exact) mass is 547 g/mol. The molecule has 3 aliphatic rings. The summed E-state index contributed by atoms with van der Waals surface area (Å²) in [4.78, 5) is 31.0. The number of benzene rings is 2. The van der Waals surface area contributed by atoms with Gasteiger partial charge in [0.1, 0.15) is 11.5 Å². The van der Waals surface area contributed by atoms with E-state index in [1.807, 2.05) is 54.3 Å². The molecule has 0 radical (unpaired) electrons. The Balaban J connectivity index is 1.18. The zero-order valence-corrected chi connectivity index (χ0v) is 24.0. The van der Waals surface area contributed by atoms with Gasteiger partial charge in [-0.2, -0.15) is 0 Å². The Morgan fingerprint density at radius 1 is 0.975 bits per heavy atom. The van der Waals surface area contributed by atoms with Crippen molar-refractivity contribution in [3.05, 3.63) is 59.7 Å². The van der Waals surface area contributed by atoms with Crippen molar-refractivity contribution in [3.63, 3.8) is 0 Å². The highest BCUT2D eigenvalue weighted by Crippen LogP contribution is 2.38. The second-order valence-corrected chi connectivity index (χ2v) is 11.8. The number of para-hydroxylation sites is 2. The van der Waals surface area contributed by atoms with Crippen LogP contribution in [-0.4, -0.2) is 73.6 Å². The molecule has 3 aliphatic heterocycles. The van der Waals surface area contributed by atoms with E-state index < -0.39 is 6.10 Å². The summed E-state index contributed by atoms with van der Waals surface area (Å²) in [5.74, 6) is 1.45. The zero-order chi connectivity index (χ0) is 27.8. The first kappa shape index (κ1) is 28.5. The standard InChI is InChI=1S/C33H45N3O4/c1-26-31(37)34-25-33(16-7-6-12-27-11-2-4-14-29(27)40-26)17-22-36(23-18-33)32(38)28-13-3-5-15-30(28)39-24-10-21-35-19-8-9-20-35/h2-5,11,13-15,26H,6-10,12,16-25H2,1H3,(H,34,37)/t26-/m1/s1. The molecule has 0 aliphatic carbocycles. The minimum absolute atomic E-state index is 0.00351. The van der Waals surface area contributed by atoms with Gasteiger partial charge in [-0.3, -0.25) is 9.59 Å². The highest BCUT2D eigenvalue weighted by Gasteiger charge is 2.37. The van der Waals surface area contributed by atoms with Crippen LogP contribution in [0.2, 0.25) is 0 Å². The van der Waals surface area contributed by atoms with Crippen molar-refractivity contribution in [3.8, 4) is 11.5 Å². The number of nitrogens with one attached hydrogen (secondary N) is 1. The first-order valence-corrected chi connectivity index (χ1v) is 15.3. The Kier molecular flexibility index (Phi) is 9.63. The van der Waals surface area contributed by atoms with E-state index >= 15 is 0 Å². The SMILES string of the molecule is C[C@H]1Oc2ccccc2CCCCC2(CCN(C(=O)c3ccccc3OCCCN3CCCC3)CC2)CNC1=O. The molecule has 7 heteroatoms. The van der Waals surface area contributed by atoms with Crippen LogP contribution in [0.25, 0.3) is 0 Å². The molecule has 40 heavy (non-hydrogen) atoms. The molecule has 216 valence electrons. The molecule has 1 N–H and O–H groups in total. The van der Waals surface area contributed by atoms with Crippen LogP contribution in [0.3, 0.4) is 0 Å². The highest BCUT2D eigenvalue weighted by atomic mass is 16.5. The number of fused-ring (bicyclic) bond motifs is 1. The molecular formula is C33H45N3O4. The maximum atomic E-state index is 13.6.